The zero-order chi connectivity index (χ0) is 15.4. The maximum absolute atomic E-state index is 6.19. The van der Waals surface area contributed by atoms with Gasteiger partial charge < -0.3 is 15.2 Å². The normalized spacial score (nSPS) is 11.1. The van der Waals surface area contributed by atoms with Crippen LogP contribution in [0.2, 0.25) is 0 Å². The number of nitrogens with zero attached hydrogens (tertiary/aromatic N) is 1. The molecule has 0 radical (unpaired) electrons. The summed E-state index contributed by atoms with van der Waals surface area (Å²) in [4.78, 5) is 4.70. The average Bonchev–Trinajstić information content (AvgIpc) is 2.40. The van der Waals surface area contributed by atoms with Crippen molar-refractivity contribution in [1.82, 2.24) is 4.98 Å². The molecule has 0 spiro atoms. The number of ether oxygens (including phenoxy) is 2. The van der Waals surface area contributed by atoms with Crippen LogP contribution in [0.25, 0.3) is 10.9 Å². The smallest absolute Gasteiger partial charge is 0.163 e. The first-order valence-corrected chi connectivity index (χ1v) is 7.53. The molecule has 4 nitrogen and oxygen atoms in total. The van der Waals surface area contributed by atoms with E-state index in [9.17, 15) is 0 Å². The number of aromatic nitrogens is 1. The first-order chi connectivity index (χ1) is 10.0. The molecule has 2 aromatic rings. The lowest BCUT2D eigenvalue weighted by molar-refractivity contribution is 0.288. The maximum Gasteiger partial charge on any atom is 0.163 e. The second kappa shape index (κ2) is 6.66. The van der Waals surface area contributed by atoms with Gasteiger partial charge in [0, 0.05) is 22.8 Å². The van der Waals surface area contributed by atoms with Crippen molar-refractivity contribution in [2.75, 3.05) is 18.9 Å². The van der Waals surface area contributed by atoms with Gasteiger partial charge in [-0.05, 0) is 38.3 Å². The number of fused-ring (bicyclic) bond motifs is 1. The molecule has 114 valence electrons. The van der Waals surface area contributed by atoms with E-state index in [0.717, 1.165) is 40.2 Å². The van der Waals surface area contributed by atoms with Crippen molar-refractivity contribution in [3.05, 3.63) is 23.9 Å². The van der Waals surface area contributed by atoms with Crippen molar-refractivity contribution in [1.29, 1.82) is 0 Å². The van der Waals surface area contributed by atoms with E-state index in [1.165, 1.54) is 0 Å². The van der Waals surface area contributed by atoms with Crippen LogP contribution in [0.3, 0.4) is 0 Å². The van der Waals surface area contributed by atoms with Crippen LogP contribution < -0.4 is 15.2 Å². The lowest BCUT2D eigenvalue weighted by Crippen LogP contribution is -2.02. The quantitative estimate of drug-likeness (QED) is 0.878. The summed E-state index contributed by atoms with van der Waals surface area (Å²) in [6.45, 7) is 9.43. The molecule has 2 rings (SSSR count). The second-order valence-corrected chi connectivity index (χ2v) is 5.48. The van der Waals surface area contributed by atoms with E-state index in [1.54, 1.807) is 0 Å². The van der Waals surface area contributed by atoms with Gasteiger partial charge in [-0.25, -0.2) is 0 Å². The third-order valence-electron chi connectivity index (χ3n) is 3.18. The van der Waals surface area contributed by atoms with Crippen molar-refractivity contribution < 1.29 is 9.47 Å². The van der Waals surface area contributed by atoms with Crippen molar-refractivity contribution in [3.8, 4) is 11.5 Å². The van der Waals surface area contributed by atoms with E-state index in [0.29, 0.717) is 19.1 Å². The average molecular weight is 288 g/mol. The van der Waals surface area contributed by atoms with Crippen LogP contribution in [-0.2, 0) is 6.42 Å². The summed E-state index contributed by atoms with van der Waals surface area (Å²) >= 11 is 0. The Balaban J connectivity index is 2.54. The Hall–Kier alpha value is -1.97. The molecular formula is C17H24N2O2. The molecule has 2 N–H and O–H groups in total. The molecule has 0 fully saturated rings. The Kier molecular flexibility index (Phi) is 4.89. The van der Waals surface area contributed by atoms with E-state index < -0.39 is 0 Å². The van der Waals surface area contributed by atoms with E-state index >= 15 is 0 Å². The highest BCUT2D eigenvalue weighted by molar-refractivity contribution is 5.92. The van der Waals surface area contributed by atoms with Crippen molar-refractivity contribution >= 4 is 16.6 Å². The molecule has 0 amide bonds. The summed E-state index contributed by atoms with van der Waals surface area (Å²) in [5.74, 6) is 1.99. The highest BCUT2D eigenvalue weighted by atomic mass is 16.5. The van der Waals surface area contributed by atoms with Gasteiger partial charge in [0.15, 0.2) is 11.5 Å². The van der Waals surface area contributed by atoms with Crippen LogP contribution in [0.1, 0.15) is 33.4 Å². The molecule has 0 aliphatic heterocycles. The van der Waals surface area contributed by atoms with Gasteiger partial charge in [-0.15, -0.1) is 0 Å². The Morgan fingerprint density at radius 2 is 1.67 bits per heavy atom. The van der Waals surface area contributed by atoms with Crippen molar-refractivity contribution in [3.63, 3.8) is 0 Å². The van der Waals surface area contributed by atoms with Gasteiger partial charge in [0.1, 0.15) is 0 Å². The van der Waals surface area contributed by atoms with Crippen molar-refractivity contribution in [2.45, 2.75) is 34.1 Å². The predicted molar refractivity (Wildman–Crippen MR) is 87.0 cm³/mol. The zero-order valence-corrected chi connectivity index (χ0v) is 13.3. The van der Waals surface area contributed by atoms with Gasteiger partial charge in [-0.2, -0.15) is 0 Å². The van der Waals surface area contributed by atoms with Gasteiger partial charge in [-0.1, -0.05) is 13.8 Å². The third kappa shape index (κ3) is 3.57. The topological polar surface area (TPSA) is 57.4 Å². The number of benzene rings is 1. The van der Waals surface area contributed by atoms with Gasteiger partial charge in [0.25, 0.3) is 0 Å². The van der Waals surface area contributed by atoms with Crippen LogP contribution in [0.15, 0.2) is 18.2 Å². The number of nitrogens with two attached hydrogens (primary N) is 1. The van der Waals surface area contributed by atoms with E-state index in [2.05, 4.69) is 13.8 Å². The minimum Gasteiger partial charge on any atom is -0.490 e. The van der Waals surface area contributed by atoms with Crippen LogP contribution >= 0.6 is 0 Å². The predicted octanol–water partition coefficient (Wildman–Crippen LogP) is 3.81. The van der Waals surface area contributed by atoms with Gasteiger partial charge in [-0.3, -0.25) is 4.98 Å². The van der Waals surface area contributed by atoms with E-state index in [1.807, 2.05) is 32.0 Å². The Morgan fingerprint density at radius 3 is 2.24 bits per heavy atom. The number of hydrogen-bond donors (Lipinski definition) is 1. The molecule has 1 heterocycles. The second-order valence-electron chi connectivity index (χ2n) is 5.48. The maximum atomic E-state index is 6.19. The van der Waals surface area contributed by atoms with Gasteiger partial charge in [0.2, 0.25) is 0 Å². The molecule has 0 aliphatic carbocycles. The van der Waals surface area contributed by atoms with Gasteiger partial charge >= 0.3 is 0 Å². The first-order valence-electron chi connectivity index (χ1n) is 7.53. The molecule has 21 heavy (non-hydrogen) atoms. The molecule has 0 atom stereocenters. The molecule has 0 aliphatic rings. The SMILES string of the molecule is CCOc1cc2nc(CC(C)C)cc(N)c2cc1OCC. The summed E-state index contributed by atoms with van der Waals surface area (Å²) in [6.07, 6.45) is 0.914. The zero-order valence-electron chi connectivity index (χ0n) is 13.3. The molecular weight excluding hydrogens is 264 g/mol. The van der Waals surface area contributed by atoms with Crippen LogP contribution in [0.5, 0.6) is 11.5 Å². The summed E-state index contributed by atoms with van der Waals surface area (Å²) in [6, 6.07) is 5.80. The number of pyridine rings is 1. The molecule has 1 aromatic heterocycles. The summed E-state index contributed by atoms with van der Waals surface area (Å²) in [7, 11) is 0. The van der Waals surface area contributed by atoms with Crippen LogP contribution in [-0.4, -0.2) is 18.2 Å². The fourth-order valence-electron chi connectivity index (χ4n) is 2.38. The summed E-state index contributed by atoms with van der Waals surface area (Å²) < 4.78 is 11.3. The highest BCUT2D eigenvalue weighted by Gasteiger charge is 2.12. The Labute approximate surface area is 126 Å². The third-order valence-corrected chi connectivity index (χ3v) is 3.18. The lowest BCUT2D eigenvalue weighted by Gasteiger charge is -2.14. The number of hydrogen-bond acceptors (Lipinski definition) is 4. The highest BCUT2D eigenvalue weighted by Crippen LogP contribution is 2.34. The van der Waals surface area contributed by atoms with Crippen LogP contribution in [0, 0.1) is 5.92 Å². The van der Waals surface area contributed by atoms with Gasteiger partial charge in [0.05, 0.1) is 18.7 Å². The summed E-state index contributed by atoms with van der Waals surface area (Å²) in [5.41, 5.74) is 8.80. The minimum atomic E-state index is 0.545. The largest absolute Gasteiger partial charge is 0.490 e. The first kappa shape index (κ1) is 15.4. The monoisotopic (exact) mass is 288 g/mol. The molecule has 0 unspecified atom stereocenters. The minimum absolute atomic E-state index is 0.545. The number of anilines is 1. The molecule has 0 bridgehead atoms. The molecule has 0 saturated carbocycles. The standard InChI is InChI=1S/C17H24N2O2/c1-5-20-16-9-13-14(18)8-12(7-11(3)4)19-15(13)10-17(16)21-6-2/h8-11H,5-7H2,1-4H3,(H2,18,19). The Morgan fingerprint density at radius 1 is 1.05 bits per heavy atom. The fourth-order valence-corrected chi connectivity index (χ4v) is 2.38. The lowest BCUT2D eigenvalue weighted by atomic mass is 10.1. The van der Waals surface area contributed by atoms with E-state index in [4.69, 9.17) is 20.2 Å². The number of rotatable bonds is 6. The molecule has 0 saturated heterocycles. The number of nitrogen functional groups attached to an aromatic ring is 1. The fraction of sp³-hybridized carbons (Fsp3) is 0.471. The summed E-state index contributed by atoms with van der Waals surface area (Å²) in [5, 5.41) is 0.911. The van der Waals surface area contributed by atoms with E-state index in [-0.39, 0.29) is 0 Å². The molecule has 1 aromatic carbocycles. The Bertz CT molecular complexity index is 624. The van der Waals surface area contributed by atoms with Crippen molar-refractivity contribution in [2.24, 2.45) is 5.92 Å². The molecule has 4 heteroatoms. The van der Waals surface area contributed by atoms with Crippen LogP contribution in [0.4, 0.5) is 5.69 Å².